The number of thiophene rings is 1. The number of ether oxygens (including phenoxy) is 1. The number of rotatable bonds is 7. The third kappa shape index (κ3) is 4.93. The van der Waals surface area contributed by atoms with Crippen LogP contribution < -0.4 is 0 Å². The van der Waals surface area contributed by atoms with Crippen molar-refractivity contribution in [1.29, 1.82) is 5.26 Å². The largest absolute Gasteiger partial charge is 0.383 e. The SMILES string of the molecule is COCCN(CCC#N)Cc1cccs1. The van der Waals surface area contributed by atoms with Crippen LogP contribution in [0.4, 0.5) is 0 Å². The Balaban J connectivity index is 2.38. The Morgan fingerprint density at radius 3 is 3.00 bits per heavy atom. The lowest BCUT2D eigenvalue weighted by Gasteiger charge is -2.19. The first kappa shape index (κ1) is 12.2. The van der Waals surface area contributed by atoms with Gasteiger partial charge < -0.3 is 4.74 Å². The average Bonchev–Trinajstić information content (AvgIpc) is 2.74. The number of hydrogen-bond donors (Lipinski definition) is 0. The van der Waals surface area contributed by atoms with Gasteiger partial charge in [0.1, 0.15) is 0 Å². The van der Waals surface area contributed by atoms with Crippen molar-refractivity contribution in [2.45, 2.75) is 13.0 Å². The Morgan fingerprint density at radius 1 is 1.53 bits per heavy atom. The minimum absolute atomic E-state index is 0.578. The zero-order valence-electron chi connectivity index (χ0n) is 8.98. The Labute approximate surface area is 94.9 Å². The maximum absolute atomic E-state index is 8.56. The Bertz CT molecular complexity index is 292. The molecule has 0 aliphatic rings. The molecule has 0 N–H and O–H groups in total. The summed E-state index contributed by atoms with van der Waals surface area (Å²) in [4.78, 5) is 3.59. The first-order chi connectivity index (χ1) is 7.36. The lowest BCUT2D eigenvalue weighted by Crippen LogP contribution is -2.27. The molecule has 1 heterocycles. The molecule has 1 rings (SSSR count). The summed E-state index contributed by atoms with van der Waals surface area (Å²) in [6.45, 7) is 3.34. The van der Waals surface area contributed by atoms with Crippen LogP contribution in [0.3, 0.4) is 0 Å². The van der Waals surface area contributed by atoms with E-state index in [4.69, 9.17) is 10.00 Å². The molecule has 0 fully saturated rings. The van der Waals surface area contributed by atoms with Crippen LogP contribution in [0.15, 0.2) is 17.5 Å². The highest BCUT2D eigenvalue weighted by atomic mass is 32.1. The highest BCUT2D eigenvalue weighted by Gasteiger charge is 2.05. The van der Waals surface area contributed by atoms with Crippen molar-refractivity contribution in [3.05, 3.63) is 22.4 Å². The monoisotopic (exact) mass is 224 g/mol. The molecule has 3 nitrogen and oxygen atoms in total. The zero-order chi connectivity index (χ0) is 10.9. The first-order valence-electron chi connectivity index (χ1n) is 4.97. The van der Waals surface area contributed by atoms with E-state index in [1.54, 1.807) is 18.4 Å². The van der Waals surface area contributed by atoms with Gasteiger partial charge >= 0.3 is 0 Å². The fourth-order valence-corrected chi connectivity index (χ4v) is 2.07. The van der Waals surface area contributed by atoms with Gasteiger partial charge in [0, 0.05) is 38.0 Å². The van der Waals surface area contributed by atoms with Crippen molar-refractivity contribution in [2.75, 3.05) is 26.8 Å². The second-order valence-corrected chi connectivity index (χ2v) is 4.29. The van der Waals surface area contributed by atoms with E-state index in [1.807, 2.05) is 0 Å². The van der Waals surface area contributed by atoms with Crippen molar-refractivity contribution < 1.29 is 4.74 Å². The molecule has 0 bridgehead atoms. The summed E-state index contributed by atoms with van der Waals surface area (Å²) >= 11 is 1.75. The summed E-state index contributed by atoms with van der Waals surface area (Å²) in [7, 11) is 1.70. The summed E-state index contributed by atoms with van der Waals surface area (Å²) < 4.78 is 5.05. The van der Waals surface area contributed by atoms with E-state index in [0.29, 0.717) is 6.42 Å². The van der Waals surface area contributed by atoms with Gasteiger partial charge in [-0.15, -0.1) is 11.3 Å². The van der Waals surface area contributed by atoms with Crippen molar-refractivity contribution in [2.24, 2.45) is 0 Å². The van der Waals surface area contributed by atoms with Gasteiger partial charge in [0.2, 0.25) is 0 Å². The summed E-state index contributed by atoms with van der Waals surface area (Å²) in [6, 6.07) is 6.35. The van der Waals surface area contributed by atoms with Crippen LogP contribution in [0, 0.1) is 11.3 Å². The quantitative estimate of drug-likeness (QED) is 0.711. The minimum Gasteiger partial charge on any atom is -0.383 e. The topological polar surface area (TPSA) is 36.3 Å². The number of hydrogen-bond acceptors (Lipinski definition) is 4. The van der Waals surface area contributed by atoms with Crippen molar-refractivity contribution >= 4 is 11.3 Å². The molecule has 0 aliphatic carbocycles. The normalized spacial score (nSPS) is 10.5. The standard InChI is InChI=1S/C11H16N2OS/c1-14-8-7-13(6-3-5-12)10-11-4-2-9-15-11/h2,4,9H,3,6-8,10H2,1H3. The van der Waals surface area contributed by atoms with Crippen LogP contribution in [-0.4, -0.2) is 31.7 Å². The molecule has 0 aromatic carbocycles. The predicted molar refractivity (Wildman–Crippen MR) is 61.7 cm³/mol. The fraction of sp³-hybridized carbons (Fsp3) is 0.545. The third-order valence-corrected chi connectivity index (χ3v) is 2.97. The molecule has 4 heteroatoms. The van der Waals surface area contributed by atoms with Gasteiger partial charge in [-0.25, -0.2) is 0 Å². The fourth-order valence-electron chi connectivity index (χ4n) is 1.32. The summed E-state index contributed by atoms with van der Waals surface area (Å²) in [5.41, 5.74) is 0. The molecule has 0 radical (unpaired) electrons. The van der Waals surface area contributed by atoms with Crippen molar-refractivity contribution in [3.63, 3.8) is 0 Å². The van der Waals surface area contributed by atoms with Gasteiger partial charge in [0.25, 0.3) is 0 Å². The van der Waals surface area contributed by atoms with E-state index in [2.05, 4.69) is 28.5 Å². The van der Waals surface area contributed by atoms with Crippen LogP contribution >= 0.6 is 11.3 Å². The van der Waals surface area contributed by atoms with Gasteiger partial charge in [0.05, 0.1) is 12.7 Å². The molecule has 0 atom stereocenters. The lowest BCUT2D eigenvalue weighted by atomic mass is 10.3. The molecule has 0 amide bonds. The molecule has 15 heavy (non-hydrogen) atoms. The molecular weight excluding hydrogens is 208 g/mol. The van der Waals surface area contributed by atoms with Crippen LogP contribution in [0.5, 0.6) is 0 Å². The molecule has 0 spiro atoms. The van der Waals surface area contributed by atoms with Crippen LogP contribution in [0.25, 0.3) is 0 Å². The zero-order valence-corrected chi connectivity index (χ0v) is 9.80. The van der Waals surface area contributed by atoms with E-state index in [1.165, 1.54) is 4.88 Å². The van der Waals surface area contributed by atoms with Crippen LogP contribution in [0.2, 0.25) is 0 Å². The summed E-state index contributed by atoms with van der Waals surface area (Å²) in [5, 5.41) is 10.6. The molecule has 0 saturated heterocycles. The molecule has 82 valence electrons. The van der Waals surface area contributed by atoms with E-state index in [-0.39, 0.29) is 0 Å². The Kier molecular flexibility index (Phi) is 6.02. The van der Waals surface area contributed by atoms with Gasteiger partial charge in [-0.3, -0.25) is 4.90 Å². The van der Waals surface area contributed by atoms with Gasteiger partial charge in [-0.05, 0) is 11.4 Å². The first-order valence-corrected chi connectivity index (χ1v) is 5.85. The lowest BCUT2D eigenvalue weighted by molar-refractivity contribution is 0.146. The van der Waals surface area contributed by atoms with Crippen molar-refractivity contribution in [3.8, 4) is 6.07 Å². The smallest absolute Gasteiger partial charge is 0.0635 e. The highest BCUT2D eigenvalue weighted by Crippen LogP contribution is 2.11. The van der Waals surface area contributed by atoms with Gasteiger partial charge in [-0.2, -0.15) is 5.26 Å². The average molecular weight is 224 g/mol. The molecule has 1 aromatic rings. The maximum Gasteiger partial charge on any atom is 0.0635 e. The number of nitrogens with zero attached hydrogens (tertiary/aromatic N) is 2. The maximum atomic E-state index is 8.56. The Morgan fingerprint density at radius 2 is 2.40 bits per heavy atom. The molecule has 0 unspecified atom stereocenters. The van der Waals surface area contributed by atoms with Crippen molar-refractivity contribution in [1.82, 2.24) is 4.90 Å². The highest BCUT2D eigenvalue weighted by molar-refractivity contribution is 7.09. The second kappa shape index (κ2) is 7.41. The second-order valence-electron chi connectivity index (χ2n) is 3.26. The van der Waals surface area contributed by atoms with Crippen LogP contribution in [-0.2, 0) is 11.3 Å². The molecular formula is C11H16N2OS. The van der Waals surface area contributed by atoms with Gasteiger partial charge in [0.15, 0.2) is 0 Å². The third-order valence-electron chi connectivity index (χ3n) is 2.11. The van der Waals surface area contributed by atoms with Crippen LogP contribution in [0.1, 0.15) is 11.3 Å². The predicted octanol–water partition coefficient (Wildman–Crippen LogP) is 2.11. The van der Waals surface area contributed by atoms with E-state index < -0.39 is 0 Å². The Hall–Kier alpha value is -0.890. The van der Waals surface area contributed by atoms with E-state index in [9.17, 15) is 0 Å². The number of methoxy groups -OCH3 is 1. The summed E-state index contributed by atoms with van der Waals surface area (Å²) in [6.07, 6.45) is 0.578. The summed E-state index contributed by atoms with van der Waals surface area (Å²) in [5.74, 6) is 0. The minimum atomic E-state index is 0.578. The molecule has 0 aliphatic heterocycles. The molecule has 0 saturated carbocycles. The number of nitriles is 1. The molecule has 1 aromatic heterocycles. The van der Waals surface area contributed by atoms with E-state index >= 15 is 0 Å². The van der Waals surface area contributed by atoms with E-state index in [0.717, 1.165) is 26.2 Å². The van der Waals surface area contributed by atoms with Gasteiger partial charge in [-0.1, -0.05) is 6.07 Å².